The molecule has 0 aliphatic carbocycles. The van der Waals surface area contributed by atoms with Crippen LogP contribution in [0.15, 0.2) is 11.5 Å². The van der Waals surface area contributed by atoms with E-state index < -0.39 is 0 Å². The van der Waals surface area contributed by atoms with Gasteiger partial charge in [-0.05, 0) is 6.42 Å². The van der Waals surface area contributed by atoms with Crippen molar-refractivity contribution in [1.82, 2.24) is 15.2 Å². The summed E-state index contributed by atoms with van der Waals surface area (Å²) in [4.78, 5) is 4.02. The van der Waals surface area contributed by atoms with Gasteiger partial charge < -0.3 is 10.5 Å². The molecule has 14 heavy (non-hydrogen) atoms. The molecule has 0 bridgehead atoms. The van der Waals surface area contributed by atoms with E-state index in [0.717, 1.165) is 30.5 Å². The smallest absolute Gasteiger partial charge is 0.183 e. The van der Waals surface area contributed by atoms with Gasteiger partial charge in [0.25, 0.3) is 0 Å². The highest BCUT2D eigenvalue weighted by Crippen LogP contribution is 2.20. The molecule has 1 aromatic rings. The third kappa shape index (κ3) is 2.46. The Morgan fingerprint density at radius 2 is 2.71 bits per heavy atom. The Bertz CT molecular complexity index is 260. The molecule has 0 saturated carbocycles. The molecule has 2 atom stereocenters. The van der Waals surface area contributed by atoms with Crippen LogP contribution in [0.1, 0.15) is 6.42 Å². The molecular weight excluding hydrogens is 200 g/mol. The van der Waals surface area contributed by atoms with Crippen LogP contribution in [0.4, 0.5) is 0 Å². The molecule has 6 heteroatoms. The summed E-state index contributed by atoms with van der Waals surface area (Å²) >= 11 is 1.61. The van der Waals surface area contributed by atoms with Gasteiger partial charge in [-0.2, -0.15) is 5.10 Å². The fourth-order valence-corrected chi connectivity index (χ4v) is 2.33. The van der Waals surface area contributed by atoms with E-state index in [0.29, 0.717) is 5.92 Å². The Balaban J connectivity index is 1.74. The number of hydrogen-bond acceptors (Lipinski definition) is 5. The van der Waals surface area contributed by atoms with Gasteiger partial charge in [0.05, 0.1) is 6.61 Å². The minimum Gasteiger partial charge on any atom is -0.381 e. The van der Waals surface area contributed by atoms with Gasteiger partial charge in [0.1, 0.15) is 6.33 Å². The van der Waals surface area contributed by atoms with Gasteiger partial charge >= 0.3 is 0 Å². The quantitative estimate of drug-likeness (QED) is 0.703. The third-order valence-electron chi connectivity index (χ3n) is 2.38. The SMILES string of the molecule is NC(CSc1ncn[nH]1)C1CCOC1. The predicted octanol–water partition coefficient (Wildman–Crippen LogP) is 0.261. The van der Waals surface area contributed by atoms with Crippen molar-refractivity contribution in [2.45, 2.75) is 17.6 Å². The summed E-state index contributed by atoms with van der Waals surface area (Å²) in [6, 6.07) is 0.188. The first kappa shape index (κ1) is 9.95. The van der Waals surface area contributed by atoms with Gasteiger partial charge in [-0.3, -0.25) is 5.10 Å². The summed E-state index contributed by atoms with van der Waals surface area (Å²) in [6.07, 6.45) is 2.59. The van der Waals surface area contributed by atoms with E-state index >= 15 is 0 Å². The van der Waals surface area contributed by atoms with Crippen LogP contribution in [0.2, 0.25) is 0 Å². The maximum absolute atomic E-state index is 6.03. The number of hydrogen-bond donors (Lipinski definition) is 2. The Labute approximate surface area is 86.8 Å². The zero-order chi connectivity index (χ0) is 9.80. The molecular formula is C8H14N4OS. The predicted molar refractivity (Wildman–Crippen MR) is 54.0 cm³/mol. The highest BCUT2D eigenvalue weighted by atomic mass is 32.2. The molecule has 1 aliphatic rings. The largest absolute Gasteiger partial charge is 0.381 e. The van der Waals surface area contributed by atoms with Crippen molar-refractivity contribution < 1.29 is 4.74 Å². The van der Waals surface area contributed by atoms with Crippen molar-refractivity contribution in [1.29, 1.82) is 0 Å². The van der Waals surface area contributed by atoms with E-state index in [-0.39, 0.29) is 6.04 Å². The minimum atomic E-state index is 0.188. The van der Waals surface area contributed by atoms with Gasteiger partial charge in [-0.25, -0.2) is 4.98 Å². The monoisotopic (exact) mass is 214 g/mol. The average molecular weight is 214 g/mol. The molecule has 0 radical (unpaired) electrons. The van der Waals surface area contributed by atoms with Gasteiger partial charge in [-0.1, -0.05) is 11.8 Å². The van der Waals surface area contributed by atoms with Crippen LogP contribution < -0.4 is 5.73 Å². The zero-order valence-corrected chi connectivity index (χ0v) is 8.67. The van der Waals surface area contributed by atoms with Crippen molar-refractivity contribution in [2.24, 2.45) is 11.7 Å². The standard InChI is InChI=1S/C8H14N4OS/c9-7(6-1-2-13-3-6)4-14-8-10-5-11-12-8/h5-7H,1-4,9H2,(H,10,11,12). The van der Waals surface area contributed by atoms with E-state index in [9.17, 15) is 0 Å². The Morgan fingerprint density at radius 1 is 1.79 bits per heavy atom. The zero-order valence-electron chi connectivity index (χ0n) is 7.85. The maximum Gasteiger partial charge on any atom is 0.183 e. The maximum atomic E-state index is 6.03. The lowest BCUT2D eigenvalue weighted by atomic mass is 10.0. The van der Waals surface area contributed by atoms with Gasteiger partial charge in [0, 0.05) is 24.3 Å². The van der Waals surface area contributed by atoms with Crippen LogP contribution in [-0.2, 0) is 4.74 Å². The number of thioether (sulfide) groups is 1. The fourth-order valence-electron chi connectivity index (χ4n) is 1.47. The van der Waals surface area contributed by atoms with Crippen LogP contribution >= 0.6 is 11.8 Å². The average Bonchev–Trinajstić information content (AvgIpc) is 2.87. The number of aromatic amines is 1. The van der Waals surface area contributed by atoms with E-state index in [1.54, 1.807) is 11.8 Å². The number of rotatable bonds is 4. The summed E-state index contributed by atoms with van der Waals surface area (Å²) in [5, 5.41) is 7.41. The topological polar surface area (TPSA) is 76.8 Å². The first-order valence-corrected chi connectivity index (χ1v) is 5.66. The van der Waals surface area contributed by atoms with Crippen molar-refractivity contribution in [3.05, 3.63) is 6.33 Å². The van der Waals surface area contributed by atoms with E-state index in [1.165, 1.54) is 6.33 Å². The second kappa shape index (κ2) is 4.77. The molecule has 78 valence electrons. The van der Waals surface area contributed by atoms with Crippen molar-refractivity contribution in [3.63, 3.8) is 0 Å². The van der Waals surface area contributed by atoms with Crippen LogP contribution in [0.5, 0.6) is 0 Å². The molecule has 1 aliphatic heterocycles. The third-order valence-corrected chi connectivity index (χ3v) is 3.40. The summed E-state index contributed by atoms with van der Waals surface area (Å²) in [6.45, 7) is 1.66. The van der Waals surface area contributed by atoms with Crippen LogP contribution in [0.3, 0.4) is 0 Å². The Morgan fingerprint density at radius 3 is 3.36 bits per heavy atom. The van der Waals surface area contributed by atoms with Crippen molar-refractivity contribution in [2.75, 3.05) is 19.0 Å². The number of ether oxygens (including phenoxy) is 1. The highest BCUT2D eigenvalue weighted by molar-refractivity contribution is 7.99. The van der Waals surface area contributed by atoms with Crippen molar-refractivity contribution >= 4 is 11.8 Å². The number of H-pyrrole nitrogens is 1. The molecule has 1 aromatic heterocycles. The molecule has 5 nitrogen and oxygen atoms in total. The Hall–Kier alpha value is -0.590. The lowest BCUT2D eigenvalue weighted by Gasteiger charge is -2.15. The first-order valence-electron chi connectivity index (χ1n) is 4.68. The summed E-state index contributed by atoms with van der Waals surface area (Å²) in [7, 11) is 0. The second-order valence-electron chi connectivity index (χ2n) is 3.39. The molecule has 2 rings (SSSR count). The van der Waals surface area contributed by atoms with E-state index in [2.05, 4.69) is 15.2 Å². The van der Waals surface area contributed by atoms with Gasteiger partial charge in [-0.15, -0.1) is 0 Å². The highest BCUT2D eigenvalue weighted by Gasteiger charge is 2.22. The molecule has 0 amide bonds. The number of nitrogens with zero attached hydrogens (tertiary/aromatic N) is 2. The summed E-state index contributed by atoms with van der Waals surface area (Å²) in [5.74, 6) is 1.37. The summed E-state index contributed by atoms with van der Waals surface area (Å²) < 4.78 is 5.29. The molecule has 0 spiro atoms. The molecule has 0 aromatic carbocycles. The molecule has 3 N–H and O–H groups in total. The van der Waals surface area contributed by atoms with Crippen LogP contribution in [0, 0.1) is 5.92 Å². The summed E-state index contributed by atoms with van der Waals surface area (Å²) in [5.41, 5.74) is 6.03. The number of nitrogens with one attached hydrogen (secondary N) is 1. The second-order valence-corrected chi connectivity index (χ2v) is 4.40. The molecule has 2 unspecified atom stereocenters. The Kier molecular flexibility index (Phi) is 3.39. The van der Waals surface area contributed by atoms with Gasteiger partial charge in [0.2, 0.25) is 0 Å². The lowest BCUT2D eigenvalue weighted by molar-refractivity contribution is 0.182. The van der Waals surface area contributed by atoms with Crippen LogP contribution in [-0.4, -0.2) is 40.2 Å². The lowest BCUT2D eigenvalue weighted by Crippen LogP contribution is -2.32. The molecule has 1 saturated heterocycles. The normalized spacial score (nSPS) is 23.9. The first-order chi connectivity index (χ1) is 6.86. The van der Waals surface area contributed by atoms with Crippen LogP contribution in [0.25, 0.3) is 0 Å². The van der Waals surface area contributed by atoms with E-state index in [4.69, 9.17) is 10.5 Å². The van der Waals surface area contributed by atoms with E-state index in [1.807, 2.05) is 0 Å². The molecule has 2 heterocycles. The number of aromatic nitrogens is 3. The van der Waals surface area contributed by atoms with Crippen molar-refractivity contribution in [3.8, 4) is 0 Å². The van der Waals surface area contributed by atoms with Gasteiger partial charge in [0.15, 0.2) is 5.16 Å². The fraction of sp³-hybridized carbons (Fsp3) is 0.750. The molecule has 1 fully saturated rings. The minimum absolute atomic E-state index is 0.188. The number of nitrogens with two attached hydrogens (primary N) is 1.